The van der Waals surface area contributed by atoms with Crippen LogP contribution in [0.5, 0.6) is 0 Å². The van der Waals surface area contributed by atoms with Gasteiger partial charge in [-0.1, -0.05) is 0 Å². The van der Waals surface area contributed by atoms with Crippen molar-refractivity contribution in [3.8, 4) is 0 Å². The molecule has 6 nitrogen and oxygen atoms in total. The van der Waals surface area contributed by atoms with Crippen molar-refractivity contribution in [1.82, 2.24) is 20.1 Å². The van der Waals surface area contributed by atoms with Gasteiger partial charge >= 0.3 is 0 Å². The Morgan fingerprint density at radius 3 is 3.00 bits per heavy atom. The number of hydrogen-bond acceptors (Lipinski definition) is 4. The van der Waals surface area contributed by atoms with Crippen molar-refractivity contribution in [2.45, 2.75) is 51.2 Å². The Bertz CT molecular complexity index is 396. The molecule has 0 aromatic carbocycles. The molecule has 17 heavy (non-hydrogen) atoms. The van der Waals surface area contributed by atoms with E-state index in [2.05, 4.69) is 15.5 Å². The Labute approximate surface area is 101 Å². The van der Waals surface area contributed by atoms with E-state index in [4.69, 9.17) is 5.73 Å². The number of rotatable bonds is 5. The van der Waals surface area contributed by atoms with Gasteiger partial charge in [-0.25, -0.2) is 0 Å². The van der Waals surface area contributed by atoms with E-state index in [1.54, 1.807) is 6.33 Å². The van der Waals surface area contributed by atoms with Gasteiger partial charge in [-0.3, -0.25) is 4.79 Å². The van der Waals surface area contributed by atoms with E-state index in [1.807, 2.05) is 11.5 Å². The highest BCUT2D eigenvalue weighted by atomic mass is 16.1. The van der Waals surface area contributed by atoms with Gasteiger partial charge in [-0.2, -0.15) is 0 Å². The lowest BCUT2D eigenvalue weighted by Crippen LogP contribution is -2.49. The Balaban J connectivity index is 1.80. The molecule has 3 N–H and O–H groups in total. The van der Waals surface area contributed by atoms with Gasteiger partial charge in [-0.05, 0) is 26.2 Å². The first-order valence-corrected chi connectivity index (χ1v) is 6.05. The molecule has 1 amide bonds. The van der Waals surface area contributed by atoms with Gasteiger partial charge in [-0.15, -0.1) is 10.2 Å². The van der Waals surface area contributed by atoms with Crippen molar-refractivity contribution in [3.63, 3.8) is 0 Å². The lowest BCUT2D eigenvalue weighted by atomic mass is 9.75. The van der Waals surface area contributed by atoms with Crippen LogP contribution < -0.4 is 11.1 Å². The highest BCUT2D eigenvalue weighted by Crippen LogP contribution is 2.31. The van der Waals surface area contributed by atoms with Crippen LogP contribution in [0.15, 0.2) is 6.33 Å². The van der Waals surface area contributed by atoms with Crippen molar-refractivity contribution in [3.05, 3.63) is 12.2 Å². The minimum absolute atomic E-state index is 0.00199. The molecule has 1 heterocycles. The molecule has 1 aromatic rings. The predicted molar refractivity (Wildman–Crippen MR) is 62.9 cm³/mol. The molecule has 1 aliphatic carbocycles. The van der Waals surface area contributed by atoms with Crippen molar-refractivity contribution >= 4 is 5.91 Å². The van der Waals surface area contributed by atoms with Crippen LogP contribution in [0.3, 0.4) is 0 Å². The minimum Gasteiger partial charge on any atom is -0.349 e. The molecule has 1 fully saturated rings. The van der Waals surface area contributed by atoms with Crippen molar-refractivity contribution in [1.29, 1.82) is 0 Å². The first-order valence-electron chi connectivity index (χ1n) is 6.05. The Kier molecular flexibility index (Phi) is 3.42. The lowest BCUT2D eigenvalue weighted by molar-refractivity contribution is -0.123. The lowest BCUT2D eigenvalue weighted by Gasteiger charge is -2.37. The number of hydrogen-bond donors (Lipinski definition) is 2. The largest absolute Gasteiger partial charge is 0.349 e. The van der Waals surface area contributed by atoms with Crippen LogP contribution in [-0.4, -0.2) is 26.2 Å². The summed E-state index contributed by atoms with van der Waals surface area (Å²) in [5.74, 6) is 0.776. The van der Waals surface area contributed by atoms with Crippen LogP contribution >= 0.6 is 0 Å². The third kappa shape index (κ3) is 2.82. The van der Waals surface area contributed by atoms with Crippen LogP contribution in [0, 0.1) is 0 Å². The summed E-state index contributed by atoms with van der Waals surface area (Å²) >= 11 is 0. The summed E-state index contributed by atoms with van der Waals surface area (Å²) in [5, 5.41) is 10.6. The van der Waals surface area contributed by atoms with Gasteiger partial charge in [0.1, 0.15) is 6.33 Å². The second kappa shape index (κ2) is 4.83. The smallest absolute Gasteiger partial charge is 0.222 e. The van der Waals surface area contributed by atoms with Crippen molar-refractivity contribution < 1.29 is 4.79 Å². The molecule has 0 radical (unpaired) electrons. The fourth-order valence-electron chi connectivity index (χ4n) is 2.05. The summed E-state index contributed by atoms with van der Waals surface area (Å²) in [4.78, 5) is 11.7. The van der Waals surface area contributed by atoms with E-state index >= 15 is 0 Å². The van der Waals surface area contributed by atoms with Crippen molar-refractivity contribution in [2.24, 2.45) is 5.73 Å². The Morgan fingerprint density at radius 2 is 2.41 bits per heavy atom. The van der Waals surface area contributed by atoms with Gasteiger partial charge < -0.3 is 15.6 Å². The summed E-state index contributed by atoms with van der Waals surface area (Å²) < 4.78 is 1.90. The molecule has 1 aliphatic rings. The van der Waals surface area contributed by atoms with Crippen LogP contribution in [-0.2, 0) is 17.9 Å². The molecule has 0 bridgehead atoms. The summed E-state index contributed by atoms with van der Waals surface area (Å²) in [7, 11) is 0. The number of carbonyl (C=O) groups is 1. The highest BCUT2D eigenvalue weighted by Gasteiger charge is 2.34. The second-order valence-electron chi connectivity index (χ2n) is 4.70. The average molecular weight is 237 g/mol. The van der Waals surface area contributed by atoms with E-state index < -0.39 is 0 Å². The summed E-state index contributed by atoms with van der Waals surface area (Å²) in [6.07, 6.45) is 5.11. The van der Waals surface area contributed by atoms with Crippen LogP contribution in [0.4, 0.5) is 0 Å². The number of nitrogens with one attached hydrogen (secondary N) is 1. The maximum atomic E-state index is 11.7. The predicted octanol–water partition coefficient (Wildman–Crippen LogP) is 0.186. The normalized spacial score (nSPS) is 17.5. The number of nitrogens with two attached hydrogens (primary N) is 1. The molecule has 0 spiro atoms. The van der Waals surface area contributed by atoms with E-state index in [0.29, 0.717) is 13.0 Å². The molecule has 1 aromatic heterocycles. The molecular formula is C11H19N5O. The Morgan fingerprint density at radius 1 is 1.65 bits per heavy atom. The van der Waals surface area contributed by atoms with E-state index in [0.717, 1.165) is 31.6 Å². The summed E-state index contributed by atoms with van der Waals surface area (Å²) in [5.41, 5.74) is 5.75. The number of aromatic nitrogens is 3. The molecule has 0 saturated heterocycles. The fraction of sp³-hybridized carbons (Fsp3) is 0.727. The molecule has 0 aliphatic heterocycles. The monoisotopic (exact) mass is 237 g/mol. The molecule has 94 valence electrons. The summed E-state index contributed by atoms with van der Waals surface area (Å²) in [6.45, 7) is 3.24. The maximum absolute atomic E-state index is 11.7. The molecule has 0 unspecified atom stereocenters. The van der Waals surface area contributed by atoms with E-state index in [-0.39, 0.29) is 11.4 Å². The zero-order valence-corrected chi connectivity index (χ0v) is 10.1. The van der Waals surface area contributed by atoms with E-state index in [1.165, 1.54) is 0 Å². The van der Waals surface area contributed by atoms with Gasteiger partial charge in [0, 0.05) is 18.5 Å². The third-order valence-electron chi connectivity index (χ3n) is 3.34. The minimum atomic E-state index is -0.261. The zero-order chi connectivity index (χ0) is 12.3. The fourth-order valence-corrected chi connectivity index (χ4v) is 2.05. The van der Waals surface area contributed by atoms with Gasteiger partial charge in [0.15, 0.2) is 5.82 Å². The molecule has 0 atom stereocenters. The SMILES string of the molecule is CCn1cnnc1CNC(=O)CC1(N)CCC1. The van der Waals surface area contributed by atoms with Crippen LogP contribution in [0.1, 0.15) is 38.4 Å². The zero-order valence-electron chi connectivity index (χ0n) is 10.1. The quantitative estimate of drug-likeness (QED) is 0.765. The highest BCUT2D eigenvalue weighted by molar-refractivity contribution is 5.77. The van der Waals surface area contributed by atoms with Crippen molar-refractivity contribution in [2.75, 3.05) is 0 Å². The van der Waals surface area contributed by atoms with Crippen LogP contribution in [0.25, 0.3) is 0 Å². The number of amides is 1. The first-order chi connectivity index (χ1) is 8.13. The number of aryl methyl sites for hydroxylation is 1. The molecular weight excluding hydrogens is 218 g/mol. The van der Waals surface area contributed by atoms with Gasteiger partial charge in [0.25, 0.3) is 0 Å². The molecule has 6 heteroatoms. The third-order valence-corrected chi connectivity index (χ3v) is 3.34. The van der Waals surface area contributed by atoms with E-state index in [9.17, 15) is 4.79 Å². The topological polar surface area (TPSA) is 85.8 Å². The van der Waals surface area contributed by atoms with Crippen LogP contribution in [0.2, 0.25) is 0 Å². The first kappa shape index (κ1) is 12.0. The standard InChI is InChI=1S/C11H19N5O/c1-2-16-8-14-15-9(16)7-13-10(17)6-11(12)4-3-5-11/h8H,2-7,12H2,1H3,(H,13,17). The summed E-state index contributed by atoms with van der Waals surface area (Å²) in [6, 6.07) is 0. The molecule has 2 rings (SSSR count). The number of carbonyl (C=O) groups excluding carboxylic acids is 1. The maximum Gasteiger partial charge on any atom is 0.222 e. The van der Waals surface area contributed by atoms with Gasteiger partial charge in [0.05, 0.1) is 6.54 Å². The number of nitrogens with zero attached hydrogens (tertiary/aromatic N) is 3. The second-order valence-corrected chi connectivity index (χ2v) is 4.70. The Hall–Kier alpha value is -1.43. The van der Waals surface area contributed by atoms with Gasteiger partial charge in [0.2, 0.25) is 5.91 Å². The average Bonchev–Trinajstić information content (AvgIpc) is 2.71. The molecule has 1 saturated carbocycles.